The van der Waals surface area contributed by atoms with Crippen molar-refractivity contribution < 1.29 is 31.1 Å². The van der Waals surface area contributed by atoms with E-state index in [4.69, 9.17) is 4.74 Å². The van der Waals surface area contributed by atoms with Gasteiger partial charge in [-0.3, -0.25) is 0 Å². The second-order valence-corrected chi connectivity index (χ2v) is 7.25. The SMILES string of the molecule is Cc1ccc(C2NCCCC2OCc2cc(C(F)(F)F)cc(C(F)(F)F)c2)cc1.Cl. The van der Waals surface area contributed by atoms with Gasteiger partial charge in [-0.05, 0) is 55.6 Å². The fraction of sp³-hybridized carbons (Fsp3) is 0.429. The van der Waals surface area contributed by atoms with Crippen LogP contribution in [0.2, 0.25) is 0 Å². The lowest BCUT2D eigenvalue weighted by molar-refractivity contribution is -0.143. The van der Waals surface area contributed by atoms with Gasteiger partial charge in [0, 0.05) is 0 Å². The van der Waals surface area contributed by atoms with Gasteiger partial charge in [0.05, 0.1) is 29.9 Å². The van der Waals surface area contributed by atoms with E-state index in [1.54, 1.807) is 0 Å². The summed E-state index contributed by atoms with van der Waals surface area (Å²) < 4.78 is 84.0. The molecule has 1 N–H and O–H groups in total. The third-order valence-electron chi connectivity index (χ3n) is 4.95. The number of nitrogens with one attached hydrogen (secondary N) is 1. The van der Waals surface area contributed by atoms with Crippen LogP contribution in [0.5, 0.6) is 0 Å². The lowest BCUT2D eigenvalue weighted by Crippen LogP contribution is -2.39. The maximum absolute atomic E-state index is 13.0. The summed E-state index contributed by atoms with van der Waals surface area (Å²) >= 11 is 0. The Balaban J connectivity index is 0.00000320. The van der Waals surface area contributed by atoms with Crippen LogP contribution in [0.3, 0.4) is 0 Å². The highest BCUT2D eigenvalue weighted by atomic mass is 35.5. The van der Waals surface area contributed by atoms with Crippen molar-refractivity contribution in [2.75, 3.05) is 6.54 Å². The molecular formula is C21H22ClF6NO. The molecule has 3 rings (SSSR count). The van der Waals surface area contributed by atoms with Gasteiger partial charge < -0.3 is 10.1 Å². The van der Waals surface area contributed by atoms with Crippen LogP contribution >= 0.6 is 12.4 Å². The van der Waals surface area contributed by atoms with Gasteiger partial charge >= 0.3 is 12.4 Å². The van der Waals surface area contributed by atoms with E-state index in [9.17, 15) is 26.3 Å². The zero-order chi connectivity index (χ0) is 21.2. The standard InChI is InChI=1S/C21H21F6NO.ClH/c1-13-4-6-15(7-5-13)19-18(3-2-8-28-19)29-12-14-9-16(20(22,23)24)11-17(10-14)21(25,26)27;/h4-7,9-11,18-19,28H,2-3,8,12H2,1H3;1H. The Hall–Kier alpha value is -1.77. The van der Waals surface area contributed by atoms with Crippen LogP contribution < -0.4 is 5.32 Å². The van der Waals surface area contributed by atoms with Gasteiger partial charge in [-0.25, -0.2) is 0 Å². The first-order chi connectivity index (χ1) is 13.5. The maximum Gasteiger partial charge on any atom is 0.416 e. The van der Waals surface area contributed by atoms with E-state index in [0.717, 1.165) is 24.1 Å². The first kappa shape index (κ1) is 24.5. The molecule has 1 aliphatic rings. The van der Waals surface area contributed by atoms with Crippen LogP contribution in [0.1, 0.15) is 46.7 Å². The molecule has 30 heavy (non-hydrogen) atoms. The van der Waals surface area contributed by atoms with Gasteiger partial charge in [0.15, 0.2) is 0 Å². The third-order valence-corrected chi connectivity index (χ3v) is 4.95. The first-order valence-corrected chi connectivity index (χ1v) is 9.24. The highest BCUT2D eigenvalue weighted by Crippen LogP contribution is 2.37. The fourth-order valence-electron chi connectivity index (χ4n) is 3.45. The van der Waals surface area contributed by atoms with Crippen molar-refractivity contribution in [3.63, 3.8) is 0 Å². The predicted octanol–water partition coefficient (Wildman–Crippen LogP) is 6.46. The summed E-state index contributed by atoms with van der Waals surface area (Å²) in [6.07, 6.45) is -8.62. The second-order valence-electron chi connectivity index (χ2n) is 7.25. The Kier molecular flexibility index (Phi) is 7.82. The average molecular weight is 454 g/mol. The lowest BCUT2D eigenvalue weighted by atomic mass is 9.94. The van der Waals surface area contributed by atoms with Crippen LogP contribution in [0, 0.1) is 6.92 Å². The molecule has 9 heteroatoms. The van der Waals surface area contributed by atoms with Crippen LogP contribution in [0.4, 0.5) is 26.3 Å². The fourth-order valence-corrected chi connectivity index (χ4v) is 3.45. The Morgan fingerprint density at radius 3 is 2.03 bits per heavy atom. The van der Waals surface area contributed by atoms with Crippen molar-refractivity contribution in [3.05, 3.63) is 70.3 Å². The van der Waals surface area contributed by atoms with Gasteiger partial charge in [0.25, 0.3) is 0 Å². The van der Waals surface area contributed by atoms with E-state index in [0.29, 0.717) is 18.6 Å². The minimum Gasteiger partial charge on any atom is -0.372 e. The van der Waals surface area contributed by atoms with Gasteiger partial charge in [0.2, 0.25) is 0 Å². The monoisotopic (exact) mass is 453 g/mol. The molecule has 1 aliphatic heterocycles. The summed E-state index contributed by atoms with van der Waals surface area (Å²) in [5.41, 5.74) is -0.753. The topological polar surface area (TPSA) is 21.3 Å². The first-order valence-electron chi connectivity index (χ1n) is 9.24. The molecule has 2 aromatic carbocycles. The minimum absolute atomic E-state index is 0. The highest BCUT2D eigenvalue weighted by Gasteiger charge is 2.37. The van der Waals surface area contributed by atoms with Crippen molar-refractivity contribution in [3.8, 4) is 0 Å². The zero-order valence-electron chi connectivity index (χ0n) is 16.1. The number of hydrogen-bond donors (Lipinski definition) is 1. The highest BCUT2D eigenvalue weighted by molar-refractivity contribution is 5.85. The molecule has 1 heterocycles. The van der Waals surface area contributed by atoms with Gasteiger partial charge in [0.1, 0.15) is 0 Å². The molecule has 166 valence electrons. The number of halogens is 7. The van der Waals surface area contributed by atoms with Crippen LogP contribution in [-0.4, -0.2) is 12.6 Å². The summed E-state index contributed by atoms with van der Waals surface area (Å²) in [5.74, 6) is 0. The van der Waals surface area contributed by atoms with Gasteiger partial charge in [-0.2, -0.15) is 26.3 Å². The number of benzene rings is 2. The van der Waals surface area contributed by atoms with Crippen molar-refractivity contribution >= 4 is 12.4 Å². The van der Waals surface area contributed by atoms with Crippen LogP contribution in [-0.2, 0) is 23.7 Å². The van der Waals surface area contributed by atoms with Crippen molar-refractivity contribution in [2.45, 2.75) is 50.9 Å². The number of rotatable bonds is 4. The normalized spacial score (nSPS) is 20.0. The molecule has 2 unspecified atom stereocenters. The molecule has 0 aliphatic carbocycles. The Labute approximate surface area is 177 Å². The van der Waals surface area contributed by atoms with E-state index >= 15 is 0 Å². The van der Waals surface area contributed by atoms with Crippen molar-refractivity contribution in [1.29, 1.82) is 0 Å². The zero-order valence-corrected chi connectivity index (χ0v) is 16.9. The van der Waals surface area contributed by atoms with Gasteiger partial charge in [-0.15, -0.1) is 12.4 Å². The molecule has 0 amide bonds. The molecule has 1 saturated heterocycles. The van der Waals surface area contributed by atoms with Crippen LogP contribution in [0.25, 0.3) is 0 Å². The molecule has 0 aromatic heterocycles. The molecule has 2 aromatic rings. The van der Waals surface area contributed by atoms with E-state index < -0.39 is 23.5 Å². The molecular weight excluding hydrogens is 432 g/mol. The smallest absolute Gasteiger partial charge is 0.372 e. The van der Waals surface area contributed by atoms with E-state index in [1.165, 1.54) is 0 Å². The summed E-state index contributed by atoms with van der Waals surface area (Å²) in [6, 6.07) is 9.18. The molecule has 1 fully saturated rings. The quantitative estimate of drug-likeness (QED) is 0.536. The lowest BCUT2D eigenvalue weighted by Gasteiger charge is -2.33. The van der Waals surface area contributed by atoms with E-state index in [-0.39, 0.29) is 42.8 Å². The largest absolute Gasteiger partial charge is 0.416 e. The second kappa shape index (κ2) is 9.58. The molecule has 2 atom stereocenters. The number of ether oxygens (including phenoxy) is 1. The molecule has 0 radical (unpaired) electrons. The summed E-state index contributed by atoms with van der Waals surface area (Å²) in [4.78, 5) is 0. The number of aryl methyl sites for hydroxylation is 1. The number of piperidine rings is 1. The van der Waals surface area contributed by atoms with Crippen molar-refractivity contribution in [1.82, 2.24) is 5.32 Å². The summed E-state index contributed by atoms with van der Waals surface area (Å²) in [5, 5.41) is 3.33. The molecule has 0 bridgehead atoms. The predicted molar refractivity (Wildman–Crippen MR) is 103 cm³/mol. The number of alkyl halides is 6. The minimum atomic E-state index is -4.87. The third kappa shape index (κ3) is 6.12. The van der Waals surface area contributed by atoms with Gasteiger partial charge in [-0.1, -0.05) is 29.8 Å². The Morgan fingerprint density at radius 2 is 1.50 bits per heavy atom. The molecule has 0 saturated carbocycles. The maximum atomic E-state index is 13.0. The average Bonchev–Trinajstić information content (AvgIpc) is 2.66. The number of hydrogen-bond acceptors (Lipinski definition) is 2. The van der Waals surface area contributed by atoms with Crippen LogP contribution in [0.15, 0.2) is 42.5 Å². The Bertz CT molecular complexity index is 803. The van der Waals surface area contributed by atoms with E-state index in [2.05, 4.69) is 5.32 Å². The van der Waals surface area contributed by atoms with E-state index in [1.807, 2.05) is 31.2 Å². The summed E-state index contributed by atoms with van der Waals surface area (Å²) in [7, 11) is 0. The summed E-state index contributed by atoms with van der Waals surface area (Å²) in [6.45, 7) is 2.39. The van der Waals surface area contributed by atoms with Crippen molar-refractivity contribution in [2.24, 2.45) is 0 Å². The molecule has 2 nitrogen and oxygen atoms in total. The Morgan fingerprint density at radius 1 is 0.933 bits per heavy atom. The molecule has 0 spiro atoms.